The zero-order valence-corrected chi connectivity index (χ0v) is 12.6. The molecule has 0 heterocycles. The van der Waals surface area contributed by atoms with Crippen LogP contribution in [0, 0.1) is 5.92 Å². The lowest BCUT2D eigenvalue weighted by atomic mass is 9.96. The second-order valence-corrected chi connectivity index (χ2v) is 5.06. The first-order chi connectivity index (χ1) is 9.47. The summed E-state index contributed by atoms with van der Waals surface area (Å²) in [5, 5.41) is 0. The number of esters is 2. The molecule has 1 rings (SSSR count). The van der Waals surface area contributed by atoms with Gasteiger partial charge in [0.2, 0.25) is 0 Å². The lowest BCUT2D eigenvalue weighted by Gasteiger charge is -2.11. The minimum atomic E-state index is -0.392. The molecule has 0 N–H and O–H groups in total. The van der Waals surface area contributed by atoms with Crippen molar-refractivity contribution in [3.05, 3.63) is 34.9 Å². The van der Waals surface area contributed by atoms with Crippen molar-refractivity contribution in [3.8, 4) is 0 Å². The molecule has 0 atom stereocenters. The zero-order chi connectivity index (χ0) is 15.1. The van der Waals surface area contributed by atoms with E-state index in [0.717, 1.165) is 12.0 Å². The van der Waals surface area contributed by atoms with Crippen LogP contribution in [0.15, 0.2) is 18.2 Å². The van der Waals surface area contributed by atoms with Crippen molar-refractivity contribution in [2.24, 2.45) is 5.92 Å². The van der Waals surface area contributed by atoms with Crippen molar-refractivity contribution in [2.45, 2.75) is 33.6 Å². The predicted octanol–water partition coefficient (Wildman–Crippen LogP) is 2.78. The van der Waals surface area contributed by atoms with Crippen LogP contribution in [-0.4, -0.2) is 25.7 Å². The van der Waals surface area contributed by atoms with E-state index in [1.54, 1.807) is 13.0 Å². The SMILES string of the molecule is CCOC(=O)c1cc(CC(C)C)ccc1CC(=O)OC. The van der Waals surface area contributed by atoms with Crippen LogP contribution in [0.4, 0.5) is 0 Å². The Labute approximate surface area is 120 Å². The number of hydrogen-bond acceptors (Lipinski definition) is 4. The van der Waals surface area contributed by atoms with Crippen molar-refractivity contribution >= 4 is 11.9 Å². The number of methoxy groups -OCH3 is 1. The predicted molar refractivity (Wildman–Crippen MR) is 76.7 cm³/mol. The van der Waals surface area contributed by atoms with E-state index in [2.05, 4.69) is 18.6 Å². The van der Waals surface area contributed by atoms with Crippen molar-refractivity contribution in [1.82, 2.24) is 0 Å². The number of benzene rings is 1. The third kappa shape index (κ3) is 4.68. The Kier molecular flexibility index (Phi) is 6.22. The fourth-order valence-electron chi connectivity index (χ4n) is 2.00. The smallest absolute Gasteiger partial charge is 0.338 e. The average Bonchev–Trinajstić information content (AvgIpc) is 2.39. The molecule has 0 fully saturated rings. The van der Waals surface area contributed by atoms with E-state index in [-0.39, 0.29) is 12.4 Å². The highest BCUT2D eigenvalue weighted by Crippen LogP contribution is 2.17. The summed E-state index contributed by atoms with van der Waals surface area (Å²) < 4.78 is 9.71. The van der Waals surface area contributed by atoms with E-state index in [1.807, 2.05) is 12.1 Å². The third-order valence-corrected chi connectivity index (χ3v) is 2.88. The van der Waals surface area contributed by atoms with Crippen LogP contribution in [0.5, 0.6) is 0 Å². The van der Waals surface area contributed by atoms with Crippen LogP contribution in [-0.2, 0) is 27.1 Å². The molecule has 4 nitrogen and oxygen atoms in total. The molecule has 0 aromatic heterocycles. The Morgan fingerprint density at radius 3 is 2.50 bits per heavy atom. The van der Waals surface area contributed by atoms with E-state index in [9.17, 15) is 9.59 Å². The van der Waals surface area contributed by atoms with Gasteiger partial charge >= 0.3 is 11.9 Å². The summed E-state index contributed by atoms with van der Waals surface area (Å²) in [7, 11) is 1.33. The molecular weight excluding hydrogens is 256 g/mol. The van der Waals surface area contributed by atoms with Gasteiger partial charge in [-0.15, -0.1) is 0 Å². The van der Waals surface area contributed by atoms with E-state index >= 15 is 0 Å². The molecule has 0 radical (unpaired) electrons. The summed E-state index contributed by atoms with van der Waals surface area (Å²) in [6.07, 6.45) is 0.956. The van der Waals surface area contributed by atoms with Gasteiger partial charge in [0.05, 0.1) is 25.7 Å². The van der Waals surface area contributed by atoms with Crippen LogP contribution in [0.2, 0.25) is 0 Å². The molecule has 0 aliphatic carbocycles. The molecule has 4 heteroatoms. The van der Waals surface area contributed by atoms with Gasteiger partial charge in [0.1, 0.15) is 0 Å². The summed E-state index contributed by atoms with van der Waals surface area (Å²) >= 11 is 0. The standard InChI is InChI=1S/C16H22O4/c1-5-20-16(18)14-9-12(8-11(2)3)6-7-13(14)10-15(17)19-4/h6-7,9,11H,5,8,10H2,1-4H3. The Bertz CT molecular complexity index is 477. The van der Waals surface area contributed by atoms with Crippen molar-refractivity contribution in [3.63, 3.8) is 0 Å². The number of hydrogen-bond donors (Lipinski definition) is 0. The molecule has 0 aliphatic heterocycles. The summed E-state index contributed by atoms with van der Waals surface area (Å²) in [5.41, 5.74) is 2.16. The second-order valence-electron chi connectivity index (χ2n) is 5.06. The molecular formula is C16H22O4. The first kappa shape index (κ1) is 16.2. The summed E-state index contributed by atoms with van der Waals surface area (Å²) in [5.74, 6) is -0.263. The topological polar surface area (TPSA) is 52.6 Å². The van der Waals surface area contributed by atoms with Gasteiger partial charge in [-0.25, -0.2) is 4.79 Å². The molecule has 1 aromatic rings. The maximum Gasteiger partial charge on any atom is 0.338 e. The largest absolute Gasteiger partial charge is 0.469 e. The number of carbonyl (C=O) groups excluding carboxylic acids is 2. The second kappa shape index (κ2) is 7.68. The fourth-order valence-corrected chi connectivity index (χ4v) is 2.00. The number of carbonyl (C=O) groups is 2. The highest BCUT2D eigenvalue weighted by molar-refractivity contribution is 5.92. The molecule has 1 aromatic carbocycles. The van der Waals surface area contributed by atoms with Crippen LogP contribution < -0.4 is 0 Å². The lowest BCUT2D eigenvalue weighted by Crippen LogP contribution is -2.13. The Morgan fingerprint density at radius 2 is 1.95 bits per heavy atom. The molecule has 0 bridgehead atoms. The quantitative estimate of drug-likeness (QED) is 0.751. The minimum absolute atomic E-state index is 0.0760. The molecule has 0 saturated heterocycles. The van der Waals surface area contributed by atoms with Crippen LogP contribution in [0.25, 0.3) is 0 Å². The first-order valence-corrected chi connectivity index (χ1v) is 6.83. The van der Waals surface area contributed by atoms with Crippen molar-refractivity contribution < 1.29 is 19.1 Å². The van der Waals surface area contributed by atoms with Gasteiger partial charge in [-0.1, -0.05) is 26.0 Å². The van der Waals surface area contributed by atoms with Crippen LogP contribution >= 0.6 is 0 Å². The van der Waals surface area contributed by atoms with Crippen LogP contribution in [0.1, 0.15) is 42.3 Å². The zero-order valence-electron chi connectivity index (χ0n) is 12.6. The first-order valence-electron chi connectivity index (χ1n) is 6.83. The third-order valence-electron chi connectivity index (χ3n) is 2.88. The fraction of sp³-hybridized carbons (Fsp3) is 0.500. The van der Waals surface area contributed by atoms with Gasteiger partial charge in [0.15, 0.2) is 0 Å². The van der Waals surface area contributed by atoms with Gasteiger partial charge in [0.25, 0.3) is 0 Å². The summed E-state index contributed by atoms with van der Waals surface area (Å²) in [6.45, 7) is 6.31. The van der Waals surface area contributed by atoms with E-state index in [4.69, 9.17) is 4.74 Å². The van der Waals surface area contributed by atoms with Gasteiger partial charge in [0, 0.05) is 0 Å². The Hall–Kier alpha value is -1.84. The van der Waals surface area contributed by atoms with E-state index in [0.29, 0.717) is 23.7 Å². The average molecular weight is 278 g/mol. The number of rotatable bonds is 6. The maximum atomic E-state index is 12.0. The maximum absolute atomic E-state index is 12.0. The van der Waals surface area contributed by atoms with Gasteiger partial charge in [-0.3, -0.25) is 4.79 Å². The Morgan fingerprint density at radius 1 is 1.25 bits per heavy atom. The molecule has 0 saturated carbocycles. The lowest BCUT2D eigenvalue weighted by molar-refractivity contribution is -0.139. The van der Waals surface area contributed by atoms with Crippen molar-refractivity contribution in [1.29, 1.82) is 0 Å². The molecule has 0 amide bonds. The monoisotopic (exact) mass is 278 g/mol. The molecule has 110 valence electrons. The minimum Gasteiger partial charge on any atom is -0.469 e. The highest BCUT2D eigenvalue weighted by Gasteiger charge is 2.16. The van der Waals surface area contributed by atoms with E-state index < -0.39 is 5.97 Å². The van der Waals surface area contributed by atoms with Crippen LogP contribution in [0.3, 0.4) is 0 Å². The van der Waals surface area contributed by atoms with Crippen molar-refractivity contribution in [2.75, 3.05) is 13.7 Å². The van der Waals surface area contributed by atoms with E-state index in [1.165, 1.54) is 7.11 Å². The van der Waals surface area contributed by atoms with Gasteiger partial charge in [-0.2, -0.15) is 0 Å². The summed E-state index contributed by atoms with van der Waals surface area (Å²) in [6, 6.07) is 5.57. The van der Waals surface area contributed by atoms with Gasteiger partial charge in [-0.05, 0) is 36.5 Å². The number of ether oxygens (including phenoxy) is 2. The molecule has 20 heavy (non-hydrogen) atoms. The van der Waals surface area contributed by atoms with Gasteiger partial charge < -0.3 is 9.47 Å². The molecule has 0 spiro atoms. The Balaban J connectivity index is 3.08. The normalized spacial score (nSPS) is 10.4. The molecule has 0 unspecified atom stereocenters. The molecule has 0 aliphatic rings. The highest BCUT2D eigenvalue weighted by atomic mass is 16.5. The summed E-state index contributed by atoms with van der Waals surface area (Å²) in [4.78, 5) is 23.4.